The van der Waals surface area contributed by atoms with Gasteiger partial charge in [0.15, 0.2) is 11.6 Å². The number of aliphatic hydroxyl groups excluding tert-OH is 1. The van der Waals surface area contributed by atoms with E-state index in [-0.39, 0.29) is 87.1 Å². The van der Waals surface area contributed by atoms with Gasteiger partial charge in [-0.3, -0.25) is 52.7 Å². The molecule has 24 nitrogen and oxygen atoms in total. The number of carbonyl (C=O) groups is 12. The van der Waals surface area contributed by atoms with E-state index >= 15 is 33.6 Å². The molecule has 9 amide bonds. The highest BCUT2D eigenvalue weighted by atomic mass is 16.6. The second-order valence-electron chi connectivity index (χ2n) is 31.7. The molecule has 2 heterocycles. The van der Waals surface area contributed by atoms with Crippen LogP contribution in [0.5, 0.6) is 0 Å². The van der Waals surface area contributed by atoms with Crippen LogP contribution in [-0.4, -0.2) is 263 Å². The smallest absolute Gasteiger partial charge is 0.410 e. The predicted molar refractivity (Wildman–Crippen MR) is 385 cm³/mol. The molecule has 0 spiro atoms. The van der Waals surface area contributed by atoms with Gasteiger partial charge in [-0.05, 0) is 121 Å². The zero-order chi connectivity index (χ0) is 76.3. The third-order valence-electron chi connectivity index (χ3n) is 20.6. The monoisotopic (exact) mass is 1400 g/mol. The summed E-state index contributed by atoms with van der Waals surface area (Å²) in [5, 5.41) is 15.1. The Morgan fingerprint density at radius 2 is 1.00 bits per heavy atom. The molecule has 0 bridgehead atoms. The topological polar surface area (TPSA) is 275 Å². The first-order chi connectivity index (χ1) is 45.7. The Kier molecular flexibility index (Phi) is 35.7. The number of hydrogen-bond acceptors (Lipinski definition) is 15. The average molecular weight is 1400 g/mol. The largest absolute Gasteiger partial charge is 0.443 e. The number of ketones is 3. The van der Waals surface area contributed by atoms with Gasteiger partial charge in [0.25, 0.3) is 0 Å². The number of hydrogen-bond donors (Lipinski definition) is 2. The van der Waals surface area contributed by atoms with E-state index in [1.165, 1.54) is 85.7 Å². The lowest BCUT2D eigenvalue weighted by Gasteiger charge is -2.41. The first-order valence-electron chi connectivity index (χ1n) is 36.4. The van der Waals surface area contributed by atoms with Crippen molar-refractivity contribution in [3.8, 4) is 0 Å². The Morgan fingerprint density at radius 1 is 0.535 bits per heavy atom. The number of aliphatic hydroxyl groups is 1. The molecule has 99 heavy (non-hydrogen) atoms. The third kappa shape index (κ3) is 24.7. The lowest BCUT2D eigenvalue weighted by molar-refractivity contribution is -0.157. The van der Waals surface area contributed by atoms with Gasteiger partial charge in [0.05, 0.1) is 18.2 Å². The molecule has 2 fully saturated rings. The van der Waals surface area contributed by atoms with E-state index in [1.807, 2.05) is 54.7 Å². The molecule has 0 aromatic carbocycles. The number of piperazine rings is 1. The summed E-state index contributed by atoms with van der Waals surface area (Å²) in [4.78, 5) is 191. The number of carbonyl (C=O) groups excluding carboxylic acids is 12. The Balaban J connectivity index is 3.06. The molecule has 0 saturated carbocycles. The lowest BCUT2D eigenvalue weighted by atomic mass is 9.82. The van der Waals surface area contributed by atoms with E-state index in [0.29, 0.717) is 32.6 Å². The maximum absolute atomic E-state index is 15.4. The fourth-order valence-corrected chi connectivity index (χ4v) is 13.7. The van der Waals surface area contributed by atoms with Gasteiger partial charge in [-0.2, -0.15) is 0 Å². The van der Waals surface area contributed by atoms with Crippen molar-refractivity contribution in [3.05, 3.63) is 12.2 Å². The van der Waals surface area contributed by atoms with Crippen molar-refractivity contribution < 1.29 is 67.4 Å². The first kappa shape index (κ1) is 88.8. The molecule has 24 heteroatoms. The van der Waals surface area contributed by atoms with E-state index in [0.717, 1.165) is 4.90 Å². The number of ether oxygens (including phenoxy) is 1. The standard InChI is InChI=1S/C75H132N10O14/c1-28-30-31-50(14)65(89)64-66(90)76-55(29-2)70(94)78(21)53(17)68(92)83(26)63(49(13)32-33-75(18,19)99-74(98)85-36-34-77(20)35-37-85)61(88)43-54(47(9)10)69(93)79(22)56(38-44(3)4)60(87)41-51(15)59(86)42-52(16)67(91)80(23)57(39-45(5)6)71(95)81(24)58(40-46(7)8)72(96)82(25)62(48(11)12)73(97)84(64)27/h28,30,44-58,62-65,89H,29,31-43H2,1-27H3,(H,76,90)/b30-28+/t49-,50-,51-,52+,53-,54+,55+,56+,57+,58+,62+,63+,64+,65-/m1/s1. The fraction of sp³-hybridized carbons (Fsp3) is 0.813. The van der Waals surface area contributed by atoms with Crippen LogP contribution < -0.4 is 5.32 Å². The van der Waals surface area contributed by atoms with Crippen molar-refractivity contribution in [3.63, 3.8) is 0 Å². The molecule has 14 atom stereocenters. The summed E-state index contributed by atoms with van der Waals surface area (Å²) in [6.45, 7) is 36.0. The third-order valence-corrected chi connectivity index (χ3v) is 20.6. The molecule has 0 unspecified atom stereocenters. The maximum atomic E-state index is 15.4. The quantitative estimate of drug-likeness (QED) is 0.126. The summed E-state index contributed by atoms with van der Waals surface area (Å²) >= 11 is 0. The lowest BCUT2D eigenvalue weighted by Crippen LogP contribution is -2.63. The molecular weight excluding hydrogens is 1260 g/mol. The Hall–Kier alpha value is -6.30. The number of allylic oxidation sites excluding steroid dienone is 2. The van der Waals surface area contributed by atoms with Crippen LogP contribution in [0.3, 0.4) is 0 Å². The minimum Gasteiger partial charge on any atom is -0.443 e. The van der Waals surface area contributed by atoms with E-state index in [9.17, 15) is 29.1 Å². The van der Waals surface area contributed by atoms with Crippen LogP contribution in [0, 0.1) is 59.2 Å². The fourth-order valence-electron chi connectivity index (χ4n) is 13.7. The molecule has 0 radical (unpaired) electrons. The van der Waals surface area contributed by atoms with Crippen molar-refractivity contribution >= 4 is 70.7 Å². The molecule has 0 aliphatic carbocycles. The summed E-state index contributed by atoms with van der Waals surface area (Å²) in [7, 11) is 12.1. The van der Waals surface area contributed by atoms with E-state index in [4.69, 9.17) is 4.74 Å². The number of Topliss-reactive ketones (excluding diaryl/α,β-unsaturated/α-hetero) is 3. The first-order valence-corrected chi connectivity index (χ1v) is 36.4. The van der Waals surface area contributed by atoms with Gasteiger partial charge in [-0.15, -0.1) is 0 Å². The van der Waals surface area contributed by atoms with E-state index in [1.54, 1.807) is 94.1 Å². The molecule has 2 aliphatic rings. The SMILES string of the molecule is C/C=C/C[C@@H](C)[C@@H](O)[C@H]1C(=O)N[C@@H](CC)C(=O)N(C)[C@H](C)C(=O)N(C)[C@@H]([C@H](C)CCC(C)(C)OC(=O)N2CCN(C)CC2)C(=O)C[C@@H](C(C)C)C(=O)N(C)[C@@H](CC(C)C)C(=O)C[C@@H](C)C(=O)C[C@H](C)C(=O)N(C)[C@@H](CC(C)C)C(=O)N(C)[C@@H](CC(C)C)C(=O)N(C)[C@@H](C(C)C)C(=O)N1C. The van der Waals surface area contributed by atoms with E-state index < -0.39 is 161 Å². The summed E-state index contributed by atoms with van der Waals surface area (Å²) in [6.07, 6.45) is 2.07. The highest BCUT2D eigenvalue weighted by molar-refractivity contribution is 6.00. The second kappa shape index (κ2) is 39.8. The Bertz CT molecular complexity index is 2780. The maximum Gasteiger partial charge on any atom is 0.410 e. The minimum absolute atomic E-state index is 0.0102. The zero-order valence-corrected chi connectivity index (χ0v) is 65.8. The van der Waals surface area contributed by atoms with Gasteiger partial charge in [0.1, 0.15) is 47.6 Å². The molecule has 566 valence electrons. The van der Waals surface area contributed by atoms with Crippen LogP contribution in [0.1, 0.15) is 196 Å². The average Bonchev–Trinajstić information content (AvgIpc) is 0.815. The molecular formula is C75H132N10O14. The predicted octanol–water partition coefficient (Wildman–Crippen LogP) is 7.46. The van der Waals surface area contributed by atoms with Crippen molar-refractivity contribution in [1.82, 2.24) is 49.4 Å². The van der Waals surface area contributed by atoms with Crippen molar-refractivity contribution in [1.29, 1.82) is 0 Å². The molecule has 2 rings (SSSR count). The van der Waals surface area contributed by atoms with Gasteiger partial charge in [0, 0.05) is 113 Å². The molecule has 0 aromatic heterocycles. The summed E-state index contributed by atoms with van der Waals surface area (Å²) in [6, 6.07) is -10.00. The highest BCUT2D eigenvalue weighted by Crippen LogP contribution is 2.32. The van der Waals surface area contributed by atoms with Crippen molar-refractivity contribution in [2.75, 3.05) is 82.6 Å². The molecule has 2 N–H and O–H groups in total. The summed E-state index contributed by atoms with van der Waals surface area (Å²) in [5.41, 5.74) is -1.03. The van der Waals surface area contributed by atoms with Gasteiger partial charge < -0.3 is 59.3 Å². The number of amides is 9. The van der Waals surface area contributed by atoms with Crippen molar-refractivity contribution in [2.45, 2.75) is 256 Å². The van der Waals surface area contributed by atoms with Gasteiger partial charge >= 0.3 is 6.09 Å². The van der Waals surface area contributed by atoms with Crippen LogP contribution in [0.25, 0.3) is 0 Å². The molecule has 0 aromatic rings. The summed E-state index contributed by atoms with van der Waals surface area (Å²) in [5.74, 6) is -12.0. The Morgan fingerprint density at radius 3 is 1.48 bits per heavy atom. The van der Waals surface area contributed by atoms with Crippen molar-refractivity contribution in [2.24, 2.45) is 59.2 Å². The number of nitrogens with one attached hydrogen (secondary N) is 1. The van der Waals surface area contributed by atoms with Crippen LogP contribution in [0.15, 0.2) is 12.2 Å². The van der Waals surface area contributed by atoms with Gasteiger partial charge in [-0.1, -0.05) is 116 Å². The van der Waals surface area contributed by atoms with Crippen LogP contribution in [0.2, 0.25) is 0 Å². The normalized spacial score (nSPS) is 27.3. The number of nitrogens with zero attached hydrogens (tertiary/aromatic N) is 9. The Labute approximate surface area is 594 Å². The minimum atomic E-state index is -1.64. The summed E-state index contributed by atoms with van der Waals surface area (Å²) < 4.78 is 6.08. The zero-order valence-electron chi connectivity index (χ0n) is 65.8. The number of likely N-dealkylation sites (N-methyl/N-ethyl adjacent to an activating group) is 8. The number of rotatable bonds is 18. The molecule has 2 aliphatic heterocycles. The molecule has 2 saturated heterocycles. The van der Waals surface area contributed by atoms with E-state index in [2.05, 4.69) is 10.2 Å². The van der Waals surface area contributed by atoms with Crippen LogP contribution in [0.4, 0.5) is 4.79 Å². The highest BCUT2D eigenvalue weighted by Gasteiger charge is 2.47. The second-order valence-corrected chi connectivity index (χ2v) is 31.7. The van der Waals surface area contributed by atoms with Gasteiger partial charge in [0.2, 0.25) is 47.3 Å². The van der Waals surface area contributed by atoms with Crippen LogP contribution in [-0.2, 0) is 57.5 Å². The van der Waals surface area contributed by atoms with Crippen LogP contribution >= 0.6 is 0 Å². The van der Waals surface area contributed by atoms with Gasteiger partial charge in [-0.25, -0.2) is 4.79 Å².